The van der Waals surface area contributed by atoms with Gasteiger partial charge in [-0.05, 0) is 48.7 Å². The lowest BCUT2D eigenvalue weighted by Crippen LogP contribution is -2.46. The molecule has 3 aromatic rings. The third-order valence-electron chi connectivity index (χ3n) is 5.79. The molecule has 1 heterocycles. The Kier molecular flexibility index (Phi) is 6.76. The summed E-state index contributed by atoms with van der Waals surface area (Å²) in [5.41, 5.74) is 3.12. The molecule has 1 N–H and O–H groups in total. The van der Waals surface area contributed by atoms with Gasteiger partial charge in [-0.1, -0.05) is 54.1 Å². The molecule has 3 aromatic carbocycles. The molecular formula is C26H25ClN2O3. The summed E-state index contributed by atoms with van der Waals surface area (Å²) < 4.78 is 5.43. The maximum atomic E-state index is 13.0. The number of piperidine rings is 1. The van der Waals surface area contributed by atoms with Crippen molar-refractivity contribution >= 4 is 23.4 Å². The van der Waals surface area contributed by atoms with E-state index in [1.54, 1.807) is 31.4 Å². The highest BCUT2D eigenvalue weighted by atomic mass is 35.5. The molecule has 0 aromatic heterocycles. The molecule has 1 aliphatic rings. The summed E-state index contributed by atoms with van der Waals surface area (Å²) in [6.07, 6.45) is 1.42. The molecule has 1 saturated heterocycles. The SMILES string of the molecule is COc1ccccc1-c1ccc(C(=O)N2CCC(NC(=O)c3ccccc3Cl)CC2)cc1. The molecule has 5 nitrogen and oxygen atoms in total. The lowest BCUT2D eigenvalue weighted by Gasteiger charge is -2.32. The molecule has 0 bridgehead atoms. The Morgan fingerprint density at radius 3 is 2.28 bits per heavy atom. The number of likely N-dealkylation sites (tertiary alicyclic amines) is 1. The monoisotopic (exact) mass is 448 g/mol. The molecule has 0 aliphatic carbocycles. The number of benzene rings is 3. The van der Waals surface area contributed by atoms with Crippen LogP contribution < -0.4 is 10.1 Å². The van der Waals surface area contributed by atoms with Crippen molar-refractivity contribution in [1.82, 2.24) is 10.2 Å². The summed E-state index contributed by atoms with van der Waals surface area (Å²) in [6, 6.07) is 22.5. The summed E-state index contributed by atoms with van der Waals surface area (Å²) in [4.78, 5) is 27.3. The Morgan fingerprint density at radius 2 is 1.59 bits per heavy atom. The number of hydrogen-bond acceptors (Lipinski definition) is 3. The first-order valence-corrected chi connectivity index (χ1v) is 11.0. The third-order valence-corrected chi connectivity index (χ3v) is 6.12. The number of methoxy groups -OCH3 is 1. The average molecular weight is 449 g/mol. The fourth-order valence-corrected chi connectivity index (χ4v) is 4.22. The molecule has 32 heavy (non-hydrogen) atoms. The predicted molar refractivity (Wildman–Crippen MR) is 126 cm³/mol. The van der Waals surface area contributed by atoms with Crippen LogP contribution in [0.5, 0.6) is 5.75 Å². The maximum Gasteiger partial charge on any atom is 0.253 e. The topological polar surface area (TPSA) is 58.6 Å². The number of amides is 2. The number of halogens is 1. The van der Waals surface area contributed by atoms with Crippen LogP contribution in [-0.2, 0) is 0 Å². The minimum Gasteiger partial charge on any atom is -0.496 e. The van der Waals surface area contributed by atoms with Crippen LogP contribution >= 0.6 is 11.6 Å². The smallest absolute Gasteiger partial charge is 0.253 e. The van der Waals surface area contributed by atoms with Gasteiger partial charge >= 0.3 is 0 Å². The van der Waals surface area contributed by atoms with E-state index < -0.39 is 0 Å². The zero-order valence-electron chi connectivity index (χ0n) is 17.9. The number of nitrogens with zero attached hydrogens (tertiary/aromatic N) is 1. The fourth-order valence-electron chi connectivity index (χ4n) is 3.99. The summed E-state index contributed by atoms with van der Waals surface area (Å²) in [7, 11) is 1.65. The lowest BCUT2D eigenvalue weighted by molar-refractivity contribution is 0.0698. The Labute approximate surface area is 193 Å². The van der Waals surface area contributed by atoms with Crippen LogP contribution in [-0.4, -0.2) is 43.0 Å². The second-order valence-corrected chi connectivity index (χ2v) is 8.20. The summed E-state index contributed by atoms with van der Waals surface area (Å²) in [5.74, 6) is 0.632. The van der Waals surface area contributed by atoms with Gasteiger partial charge in [-0.15, -0.1) is 0 Å². The van der Waals surface area contributed by atoms with Crippen molar-refractivity contribution in [3.05, 3.63) is 88.9 Å². The number of carbonyl (C=O) groups is 2. The van der Waals surface area contributed by atoms with Crippen LogP contribution in [0.1, 0.15) is 33.6 Å². The molecular weight excluding hydrogens is 424 g/mol. The first kappa shape index (κ1) is 21.9. The highest BCUT2D eigenvalue weighted by Gasteiger charge is 2.25. The Balaban J connectivity index is 1.35. The highest BCUT2D eigenvalue weighted by Crippen LogP contribution is 2.30. The number of ether oxygens (including phenoxy) is 1. The van der Waals surface area contributed by atoms with E-state index in [1.165, 1.54) is 0 Å². The molecule has 6 heteroatoms. The quantitative estimate of drug-likeness (QED) is 0.594. The van der Waals surface area contributed by atoms with Crippen LogP contribution in [0.3, 0.4) is 0 Å². The minimum atomic E-state index is -0.174. The van der Waals surface area contributed by atoms with Gasteiger partial charge in [0.05, 0.1) is 17.7 Å². The average Bonchev–Trinajstić information content (AvgIpc) is 2.84. The molecule has 1 fully saturated rings. The first-order chi connectivity index (χ1) is 15.6. The van der Waals surface area contributed by atoms with Gasteiger partial charge in [-0.25, -0.2) is 0 Å². The van der Waals surface area contributed by atoms with E-state index in [4.69, 9.17) is 16.3 Å². The van der Waals surface area contributed by atoms with Crippen LogP contribution in [0.4, 0.5) is 0 Å². The number of rotatable bonds is 5. The number of para-hydroxylation sites is 1. The van der Waals surface area contributed by atoms with Gasteiger partial charge in [0.15, 0.2) is 0 Å². The zero-order chi connectivity index (χ0) is 22.5. The summed E-state index contributed by atoms with van der Waals surface area (Å²) in [6.45, 7) is 1.20. The van der Waals surface area contributed by atoms with Crippen LogP contribution in [0.2, 0.25) is 5.02 Å². The fraction of sp³-hybridized carbons (Fsp3) is 0.231. The Hall–Kier alpha value is -3.31. The number of carbonyl (C=O) groups excluding carboxylic acids is 2. The van der Waals surface area contributed by atoms with Crippen molar-refractivity contribution < 1.29 is 14.3 Å². The van der Waals surface area contributed by atoms with E-state index in [9.17, 15) is 9.59 Å². The molecule has 2 amide bonds. The van der Waals surface area contributed by atoms with Gasteiger partial charge < -0.3 is 15.0 Å². The van der Waals surface area contributed by atoms with E-state index in [0.29, 0.717) is 42.1 Å². The van der Waals surface area contributed by atoms with E-state index in [0.717, 1.165) is 16.9 Å². The van der Waals surface area contributed by atoms with Gasteiger partial charge in [-0.3, -0.25) is 9.59 Å². The van der Waals surface area contributed by atoms with Crippen molar-refractivity contribution in [1.29, 1.82) is 0 Å². The molecule has 1 aliphatic heterocycles. The van der Waals surface area contributed by atoms with Gasteiger partial charge in [0.2, 0.25) is 0 Å². The molecule has 0 radical (unpaired) electrons. The highest BCUT2D eigenvalue weighted by molar-refractivity contribution is 6.33. The second-order valence-electron chi connectivity index (χ2n) is 7.80. The van der Waals surface area contributed by atoms with Crippen molar-refractivity contribution in [2.45, 2.75) is 18.9 Å². The summed E-state index contributed by atoms with van der Waals surface area (Å²) >= 11 is 6.12. The van der Waals surface area contributed by atoms with Crippen LogP contribution in [0.15, 0.2) is 72.8 Å². The van der Waals surface area contributed by atoms with Gasteiger partial charge in [-0.2, -0.15) is 0 Å². The van der Waals surface area contributed by atoms with Gasteiger partial charge in [0.25, 0.3) is 11.8 Å². The molecule has 4 rings (SSSR count). The second kappa shape index (κ2) is 9.88. The minimum absolute atomic E-state index is 0.00690. The van der Waals surface area contributed by atoms with E-state index in [-0.39, 0.29) is 17.9 Å². The largest absolute Gasteiger partial charge is 0.496 e. The first-order valence-electron chi connectivity index (χ1n) is 10.6. The molecule has 0 atom stereocenters. The molecule has 164 valence electrons. The lowest BCUT2D eigenvalue weighted by atomic mass is 10.0. The number of hydrogen-bond donors (Lipinski definition) is 1. The van der Waals surface area contributed by atoms with E-state index >= 15 is 0 Å². The van der Waals surface area contributed by atoms with Crippen molar-refractivity contribution in [2.24, 2.45) is 0 Å². The Bertz CT molecular complexity index is 1110. The van der Waals surface area contributed by atoms with Crippen molar-refractivity contribution in [3.8, 4) is 16.9 Å². The van der Waals surface area contributed by atoms with Crippen molar-refractivity contribution in [3.63, 3.8) is 0 Å². The van der Waals surface area contributed by atoms with Crippen molar-refractivity contribution in [2.75, 3.05) is 20.2 Å². The zero-order valence-corrected chi connectivity index (χ0v) is 18.6. The maximum absolute atomic E-state index is 13.0. The molecule has 0 unspecified atom stereocenters. The molecule has 0 spiro atoms. The normalized spacial score (nSPS) is 14.1. The van der Waals surface area contributed by atoms with Crippen LogP contribution in [0, 0.1) is 0 Å². The van der Waals surface area contributed by atoms with Gasteiger partial charge in [0.1, 0.15) is 5.75 Å². The molecule has 0 saturated carbocycles. The van der Waals surface area contributed by atoms with Crippen LogP contribution in [0.25, 0.3) is 11.1 Å². The third kappa shape index (κ3) is 4.78. The summed E-state index contributed by atoms with van der Waals surface area (Å²) in [5, 5.41) is 3.48. The number of nitrogens with one attached hydrogen (secondary N) is 1. The van der Waals surface area contributed by atoms with Gasteiger partial charge in [0, 0.05) is 30.3 Å². The Morgan fingerprint density at radius 1 is 0.938 bits per heavy atom. The van der Waals surface area contributed by atoms with E-state index in [2.05, 4.69) is 5.32 Å². The van der Waals surface area contributed by atoms with E-state index in [1.807, 2.05) is 53.4 Å². The standard InChI is InChI=1S/C26H25ClN2O3/c1-32-24-9-5-3-6-21(24)18-10-12-19(13-11-18)26(31)29-16-14-20(15-17-29)28-25(30)22-7-2-4-8-23(22)27/h2-13,20H,14-17H2,1H3,(H,28,30). The predicted octanol–water partition coefficient (Wildman–Crippen LogP) is 5.05.